The van der Waals surface area contributed by atoms with Gasteiger partial charge in [-0.15, -0.1) is 0 Å². The number of unbranched alkanes of at least 4 members (excludes halogenated alkanes) is 1. The van der Waals surface area contributed by atoms with Gasteiger partial charge in [0.15, 0.2) is 10.8 Å². The van der Waals surface area contributed by atoms with E-state index in [2.05, 4.69) is 28.2 Å². The summed E-state index contributed by atoms with van der Waals surface area (Å²) in [5.41, 5.74) is 5.44. The molecule has 1 aliphatic rings. The lowest BCUT2D eigenvalue weighted by Crippen LogP contribution is -2.51. The fourth-order valence-corrected chi connectivity index (χ4v) is 3.97. The van der Waals surface area contributed by atoms with E-state index >= 15 is 0 Å². The van der Waals surface area contributed by atoms with Crippen LogP contribution in [0.25, 0.3) is 10.8 Å². The summed E-state index contributed by atoms with van der Waals surface area (Å²) in [4.78, 5) is 25.5. The molecule has 0 aliphatic heterocycles. The van der Waals surface area contributed by atoms with Crippen molar-refractivity contribution < 1.29 is 4.79 Å². The number of aryl methyl sites for hydroxylation is 1. The summed E-state index contributed by atoms with van der Waals surface area (Å²) in [6.45, 7) is 4.74. The topological polar surface area (TPSA) is 88.1 Å². The molecule has 1 saturated carbocycles. The lowest BCUT2D eigenvalue weighted by Gasteiger charge is -2.30. The Labute approximate surface area is 176 Å². The van der Waals surface area contributed by atoms with Gasteiger partial charge in [-0.2, -0.15) is 5.10 Å². The fourth-order valence-electron chi connectivity index (χ4n) is 3.77. The van der Waals surface area contributed by atoms with Crippen molar-refractivity contribution in [2.45, 2.75) is 65.0 Å². The van der Waals surface area contributed by atoms with Crippen molar-refractivity contribution in [2.75, 3.05) is 0 Å². The van der Waals surface area contributed by atoms with E-state index in [-0.39, 0.29) is 11.3 Å². The summed E-state index contributed by atoms with van der Waals surface area (Å²) in [7, 11) is 0. The standard InChI is InChI=1S/C21H29N5O2S/c1-3-4-13-26-20(28)16-11-7-6-10-15(16)18(25-26)19(27)23-24-21(29)22-17-12-8-5-9-14(17)2/h6-7,10-11,14,17H,3-5,8-9,12-13H2,1-2H3,(H,23,27)(H2,22,24,29)/t14-,17-/m1/s1. The third kappa shape index (κ3) is 5.12. The quantitative estimate of drug-likeness (QED) is 0.514. The molecular weight excluding hydrogens is 386 g/mol. The van der Waals surface area contributed by atoms with Crippen molar-refractivity contribution in [3.05, 3.63) is 40.3 Å². The largest absolute Gasteiger partial charge is 0.358 e. The van der Waals surface area contributed by atoms with Gasteiger partial charge in [0.05, 0.1) is 5.39 Å². The van der Waals surface area contributed by atoms with Gasteiger partial charge in [0.2, 0.25) is 0 Å². The smallest absolute Gasteiger partial charge is 0.290 e. The highest BCUT2D eigenvalue weighted by Gasteiger charge is 2.22. The predicted molar refractivity (Wildman–Crippen MR) is 119 cm³/mol. The van der Waals surface area contributed by atoms with Crippen molar-refractivity contribution in [1.29, 1.82) is 0 Å². The Morgan fingerprint density at radius 3 is 2.66 bits per heavy atom. The molecule has 1 aromatic heterocycles. The molecule has 0 bridgehead atoms. The summed E-state index contributed by atoms with van der Waals surface area (Å²) in [5.74, 6) is 0.124. The zero-order chi connectivity index (χ0) is 20.8. The number of rotatable bonds is 5. The minimum absolute atomic E-state index is 0.179. The number of amides is 1. The molecule has 1 amide bonds. The zero-order valence-corrected chi connectivity index (χ0v) is 17.8. The molecule has 1 fully saturated rings. The van der Waals surface area contributed by atoms with E-state index < -0.39 is 5.91 Å². The molecule has 0 unspecified atom stereocenters. The summed E-state index contributed by atoms with van der Waals surface area (Å²) >= 11 is 5.34. The molecule has 7 nitrogen and oxygen atoms in total. The van der Waals surface area contributed by atoms with E-state index in [0.29, 0.717) is 34.4 Å². The molecule has 8 heteroatoms. The van der Waals surface area contributed by atoms with Crippen LogP contribution >= 0.6 is 12.2 Å². The Balaban J connectivity index is 1.73. The Hall–Kier alpha value is -2.48. The molecule has 0 radical (unpaired) electrons. The van der Waals surface area contributed by atoms with Crippen LogP contribution in [0.3, 0.4) is 0 Å². The van der Waals surface area contributed by atoms with E-state index in [1.54, 1.807) is 24.3 Å². The lowest BCUT2D eigenvalue weighted by molar-refractivity contribution is 0.0937. The van der Waals surface area contributed by atoms with E-state index in [9.17, 15) is 9.59 Å². The number of nitrogens with zero attached hydrogens (tertiary/aromatic N) is 2. The lowest BCUT2D eigenvalue weighted by atomic mass is 9.86. The normalized spacial score (nSPS) is 19.0. The minimum atomic E-state index is -0.424. The second kappa shape index (κ2) is 9.82. The number of hydrazine groups is 1. The Morgan fingerprint density at radius 2 is 1.93 bits per heavy atom. The number of fused-ring (bicyclic) bond motifs is 1. The van der Waals surface area contributed by atoms with Gasteiger partial charge in [0, 0.05) is 18.0 Å². The second-order valence-corrected chi connectivity index (χ2v) is 8.11. The van der Waals surface area contributed by atoms with Crippen molar-refractivity contribution in [3.63, 3.8) is 0 Å². The molecule has 1 aliphatic carbocycles. The molecule has 0 spiro atoms. The van der Waals surface area contributed by atoms with Crippen LogP contribution in [0, 0.1) is 5.92 Å². The number of thiocarbonyl (C=S) groups is 1. The zero-order valence-electron chi connectivity index (χ0n) is 17.0. The monoisotopic (exact) mass is 415 g/mol. The van der Waals surface area contributed by atoms with Gasteiger partial charge in [-0.3, -0.25) is 20.4 Å². The maximum Gasteiger partial charge on any atom is 0.290 e. The Bertz CT molecular complexity index is 942. The molecule has 29 heavy (non-hydrogen) atoms. The van der Waals surface area contributed by atoms with E-state index in [4.69, 9.17) is 12.2 Å². The van der Waals surface area contributed by atoms with Gasteiger partial charge in [0.1, 0.15) is 0 Å². The van der Waals surface area contributed by atoms with Crippen LogP contribution in [0.5, 0.6) is 0 Å². The first-order chi connectivity index (χ1) is 14.0. The third-order valence-electron chi connectivity index (χ3n) is 5.52. The van der Waals surface area contributed by atoms with Crippen LogP contribution < -0.4 is 21.7 Å². The predicted octanol–water partition coefficient (Wildman–Crippen LogP) is 2.88. The number of hydrogen-bond acceptors (Lipinski definition) is 4. The minimum Gasteiger partial charge on any atom is -0.358 e. The van der Waals surface area contributed by atoms with Crippen LogP contribution in [0.2, 0.25) is 0 Å². The SMILES string of the molecule is CCCCn1nc(C(=O)NNC(=S)N[C@@H]2CCCC[C@H]2C)c2ccccc2c1=O. The summed E-state index contributed by atoms with van der Waals surface area (Å²) in [6.07, 6.45) is 6.45. The molecule has 2 aromatic rings. The molecule has 3 N–H and O–H groups in total. The van der Waals surface area contributed by atoms with Crippen LogP contribution in [0.4, 0.5) is 0 Å². The van der Waals surface area contributed by atoms with Crippen LogP contribution in [0.15, 0.2) is 29.1 Å². The number of benzene rings is 1. The maximum atomic E-state index is 12.8. The van der Waals surface area contributed by atoms with Crippen molar-refractivity contribution in [2.24, 2.45) is 5.92 Å². The summed E-state index contributed by atoms with van der Waals surface area (Å²) < 4.78 is 1.38. The highest BCUT2D eigenvalue weighted by Crippen LogP contribution is 2.23. The number of carbonyl (C=O) groups excluding carboxylic acids is 1. The number of aromatic nitrogens is 2. The van der Waals surface area contributed by atoms with E-state index in [1.807, 2.05) is 6.92 Å². The molecule has 2 atom stereocenters. The number of hydrogen-bond donors (Lipinski definition) is 3. The van der Waals surface area contributed by atoms with Crippen molar-refractivity contribution >= 4 is 34.0 Å². The molecule has 3 rings (SSSR count). The second-order valence-electron chi connectivity index (χ2n) is 7.70. The molecule has 156 valence electrons. The van der Waals surface area contributed by atoms with Gasteiger partial charge in [0.25, 0.3) is 11.5 Å². The molecule has 0 saturated heterocycles. The average Bonchev–Trinajstić information content (AvgIpc) is 2.73. The van der Waals surface area contributed by atoms with Crippen molar-refractivity contribution in [3.8, 4) is 0 Å². The summed E-state index contributed by atoms with van der Waals surface area (Å²) in [6, 6.07) is 7.36. The number of nitrogens with one attached hydrogen (secondary N) is 3. The molecule has 1 heterocycles. The molecular formula is C21H29N5O2S. The first kappa shape index (κ1) is 21.2. The highest BCUT2D eigenvalue weighted by atomic mass is 32.1. The van der Waals surface area contributed by atoms with Gasteiger partial charge >= 0.3 is 0 Å². The first-order valence-corrected chi connectivity index (χ1v) is 10.8. The van der Waals surface area contributed by atoms with Crippen LogP contribution in [0.1, 0.15) is 62.9 Å². The first-order valence-electron chi connectivity index (χ1n) is 10.4. The van der Waals surface area contributed by atoms with Gasteiger partial charge in [-0.25, -0.2) is 4.68 Å². The van der Waals surface area contributed by atoms with Crippen molar-refractivity contribution in [1.82, 2.24) is 25.9 Å². The Kier molecular flexibility index (Phi) is 7.19. The molecule has 1 aromatic carbocycles. The average molecular weight is 416 g/mol. The fraction of sp³-hybridized carbons (Fsp3) is 0.524. The van der Waals surface area contributed by atoms with Crippen LogP contribution in [-0.4, -0.2) is 26.8 Å². The summed E-state index contributed by atoms with van der Waals surface area (Å²) in [5, 5.41) is 9.03. The highest BCUT2D eigenvalue weighted by molar-refractivity contribution is 7.80. The van der Waals surface area contributed by atoms with Crippen LogP contribution in [-0.2, 0) is 6.54 Å². The van der Waals surface area contributed by atoms with E-state index in [0.717, 1.165) is 19.3 Å². The number of carbonyl (C=O) groups is 1. The van der Waals surface area contributed by atoms with Gasteiger partial charge < -0.3 is 5.32 Å². The Morgan fingerprint density at radius 1 is 1.21 bits per heavy atom. The maximum absolute atomic E-state index is 12.8. The van der Waals surface area contributed by atoms with Gasteiger partial charge in [-0.1, -0.05) is 51.3 Å². The third-order valence-corrected chi connectivity index (χ3v) is 5.74. The van der Waals surface area contributed by atoms with E-state index in [1.165, 1.54) is 23.9 Å². The van der Waals surface area contributed by atoms with Gasteiger partial charge in [-0.05, 0) is 43.5 Å².